The van der Waals surface area contributed by atoms with E-state index in [1.807, 2.05) is 0 Å². The van der Waals surface area contributed by atoms with Gasteiger partial charge < -0.3 is 9.88 Å². The summed E-state index contributed by atoms with van der Waals surface area (Å²) in [6.07, 6.45) is 0. The molecule has 0 unspecified atom stereocenters. The highest BCUT2D eigenvalue weighted by Gasteiger charge is 2.30. The fraction of sp³-hybridized carbons (Fsp3) is 0.263. The molecule has 1 N–H and O–H groups in total. The standard InChI is InChI=1S/C19H18ClFN4O3S2/c20-13-1-6-16-17(11-13)23-19(22-16)29-12-18(26)24-7-9-25(10-8-24)30(27,28)15-4-2-14(21)3-5-15/h1-6,11H,7-10,12H2,(H,22,23). The minimum absolute atomic E-state index is 0.0456. The average Bonchev–Trinajstić information content (AvgIpc) is 3.14. The number of aromatic nitrogens is 2. The number of hydrogen-bond acceptors (Lipinski definition) is 5. The molecule has 1 saturated heterocycles. The van der Waals surface area contributed by atoms with Crippen molar-refractivity contribution in [2.24, 2.45) is 0 Å². The van der Waals surface area contributed by atoms with Crippen molar-refractivity contribution in [1.29, 1.82) is 0 Å². The summed E-state index contributed by atoms with van der Waals surface area (Å²) in [5, 5.41) is 1.23. The molecule has 1 aliphatic rings. The molecular formula is C19H18ClFN4O3S2. The minimum Gasteiger partial charge on any atom is -0.339 e. The first kappa shape index (κ1) is 21.1. The Balaban J connectivity index is 1.33. The largest absolute Gasteiger partial charge is 0.339 e. The fourth-order valence-electron chi connectivity index (χ4n) is 3.18. The minimum atomic E-state index is -3.70. The number of H-pyrrole nitrogens is 1. The molecule has 30 heavy (non-hydrogen) atoms. The number of halogens is 2. The van der Waals surface area contributed by atoms with Crippen LogP contribution in [0.3, 0.4) is 0 Å². The van der Waals surface area contributed by atoms with Gasteiger partial charge in [0, 0.05) is 31.2 Å². The molecule has 0 radical (unpaired) electrons. The van der Waals surface area contributed by atoms with Gasteiger partial charge in [0.15, 0.2) is 5.16 Å². The van der Waals surface area contributed by atoms with Gasteiger partial charge in [0.2, 0.25) is 15.9 Å². The maximum absolute atomic E-state index is 13.1. The van der Waals surface area contributed by atoms with Crippen LogP contribution in [-0.2, 0) is 14.8 Å². The van der Waals surface area contributed by atoms with Crippen molar-refractivity contribution >= 4 is 50.3 Å². The summed E-state index contributed by atoms with van der Waals surface area (Å²) in [7, 11) is -3.70. The molecule has 1 aromatic heterocycles. The molecule has 11 heteroatoms. The molecule has 0 bridgehead atoms. The van der Waals surface area contributed by atoms with Gasteiger partial charge in [-0.15, -0.1) is 0 Å². The van der Waals surface area contributed by atoms with Crippen LogP contribution in [0.25, 0.3) is 11.0 Å². The molecule has 0 atom stereocenters. The highest BCUT2D eigenvalue weighted by atomic mass is 35.5. The van der Waals surface area contributed by atoms with Gasteiger partial charge in [-0.2, -0.15) is 4.31 Å². The molecule has 1 fully saturated rings. The van der Waals surface area contributed by atoms with E-state index < -0.39 is 15.8 Å². The lowest BCUT2D eigenvalue weighted by molar-refractivity contribution is -0.129. The maximum atomic E-state index is 13.1. The van der Waals surface area contributed by atoms with Gasteiger partial charge in [-0.3, -0.25) is 4.79 Å². The van der Waals surface area contributed by atoms with Crippen molar-refractivity contribution in [3.05, 3.63) is 53.3 Å². The predicted molar refractivity (Wildman–Crippen MR) is 114 cm³/mol. The Morgan fingerprint density at radius 1 is 1.13 bits per heavy atom. The summed E-state index contributed by atoms with van der Waals surface area (Å²) < 4.78 is 39.7. The normalized spacial score (nSPS) is 15.6. The Bertz CT molecular complexity index is 1180. The second-order valence-electron chi connectivity index (χ2n) is 6.73. The van der Waals surface area contributed by atoms with E-state index in [2.05, 4.69) is 9.97 Å². The SMILES string of the molecule is O=C(CSc1nc2ccc(Cl)cc2[nH]1)N1CCN(S(=O)(=O)c2ccc(F)cc2)CC1. The summed E-state index contributed by atoms with van der Waals surface area (Å²) in [5.74, 6) is -0.384. The number of fused-ring (bicyclic) bond motifs is 1. The Morgan fingerprint density at radius 2 is 1.83 bits per heavy atom. The number of imidazole rings is 1. The van der Waals surface area contributed by atoms with Gasteiger partial charge in [0.1, 0.15) is 5.82 Å². The Morgan fingerprint density at radius 3 is 2.53 bits per heavy atom. The number of amides is 1. The monoisotopic (exact) mass is 468 g/mol. The van der Waals surface area contributed by atoms with Crippen LogP contribution >= 0.6 is 23.4 Å². The van der Waals surface area contributed by atoms with Crippen LogP contribution in [0.15, 0.2) is 52.5 Å². The molecule has 7 nitrogen and oxygen atoms in total. The average molecular weight is 469 g/mol. The zero-order valence-electron chi connectivity index (χ0n) is 15.7. The van der Waals surface area contributed by atoms with E-state index in [0.29, 0.717) is 23.3 Å². The van der Waals surface area contributed by atoms with Crippen LogP contribution in [0.1, 0.15) is 0 Å². The van der Waals surface area contributed by atoms with E-state index in [1.54, 1.807) is 23.1 Å². The third-order valence-corrected chi connectivity index (χ3v) is 7.80. The predicted octanol–water partition coefficient (Wildman–Crippen LogP) is 2.98. The number of rotatable bonds is 5. The summed E-state index contributed by atoms with van der Waals surface area (Å²) in [5.41, 5.74) is 1.58. The topological polar surface area (TPSA) is 86.4 Å². The highest BCUT2D eigenvalue weighted by Crippen LogP contribution is 2.23. The van der Waals surface area contributed by atoms with Crippen molar-refractivity contribution in [3.63, 3.8) is 0 Å². The van der Waals surface area contributed by atoms with Gasteiger partial charge in [-0.1, -0.05) is 23.4 Å². The number of piperazine rings is 1. The molecule has 0 spiro atoms. The van der Waals surface area contributed by atoms with Crippen molar-refractivity contribution in [3.8, 4) is 0 Å². The van der Waals surface area contributed by atoms with E-state index in [-0.39, 0.29) is 29.6 Å². The van der Waals surface area contributed by atoms with Crippen LogP contribution in [0.4, 0.5) is 4.39 Å². The smallest absolute Gasteiger partial charge is 0.243 e. The van der Waals surface area contributed by atoms with E-state index >= 15 is 0 Å². The first-order chi connectivity index (χ1) is 14.3. The highest BCUT2D eigenvalue weighted by molar-refractivity contribution is 7.99. The van der Waals surface area contributed by atoms with Crippen LogP contribution in [0.5, 0.6) is 0 Å². The second kappa shape index (κ2) is 8.54. The zero-order chi connectivity index (χ0) is 21.3. The third kappa shape index (κ3) is 4.46. The quantitative estimate of drug-likeness (QED) is 0.582. The Kier molecular flexibility index (Phi) is 6.01. The number of aromatic amines is 1. The van der Waals surface area contributed by atoms with Gasteiger partial charge in [0.25, 0.3) is 0 Å². The molecular weight excluding hydrogens is 451 g/mol. The molecule has 3 aromatic rings. The molecule has 0 aliphatic carbocycles. The lowest BCUT2D eigenvalue weighted by Gasteiger charge is -2.34. The van der Waals surface area contributed by atoms with Gasteiger partial charge in [0.05, 0.1) is 21.7 Å². The van der Waals surface area contributed by atoms with Gasteiger partial charge >= 0.3 is 0 Å². The summed E-state index contributed by atoms with van der Waals surface area (Å²) >= 11 is 7.26. The number of hydrogen-bond donors (Lipinski definition) is 1. The van der Waals surface area contributed by atoms with Gasteiger partial charge in [-0.25, -0.2) is 17.8 Å². The van der Waals surface area contributed by atoms with Gasteiger partial charge in [-0.05, 0) is 42.5 Å². The van der Waals surface area contributed by atoms with Crippen LogP contribution < -0.4 is 0 Å². The van der Waals surface area contributed by atoms with E-state index in [0.717, 1.165) is 23.2 Å². The molecule has 1 amide bonds. The molecule has 2 heterocycles. The number of carbonyl (C=O) groups excluding carboxylic acids is 1. The number of benzene rings is 2. The fourth-order valence-corrected chi connectivity index (χ4v) is 5.56. The van der Waals surface area contributed by atoms with Crippen molar-refractivity contribution in [2.75, 3.05) is 31.9 Å². The number of nitrogens with zero attached hydrogens (tertiary/aromatic N) is 3. The van der Waals surface area contributed by atoms with E-state index in [9.17, 15) is 17.6 Å². The van der Waals surface area contributed by atoms with Crippen LogP contribution in [-0.4, -0.2) is 65.4 Å². The zero-order valence-corrected chi connectivity index (χ0v) is 18.1. The van der Waals surface area contributed by atoms with E-state index in [4.69, 9.17) is 11.6 Å². The number of carbonyl (C=O) groups is 1. The Hall–Kier alpha value is -2.14. The van der Waals surface area contributed by atoms with Crippen LogP contribution in [0.2, 0.25) is 5.02 Å². The Labute approximate surface area is 182 Å². The lowest BCUT2D eigenvalue weighted by atomic mass is 10.3. The number of thioether (sulfide) groups is 1. The molecule has 0 saturated carbocycles. The molecule has 158 valence electrons. The number of sulfonamides is 1. The molecule has 1 aliphatic heterocycles. The lowest BCUT2D eigenvalue weighted by Crippen LogP contribution is -2.50. The van der Waals surface area contributed by atoms with Crippen LogP contribution in [0, 0.1) is 5.82 Å². The molecule has 4 rings (SSSR count). The number of nitrogens with one attached hydrogen (secondary N) is 1. The first-order valence-corrected chi connectivity index (χ1v) is 11.9. The maximum Gasteiger partial charge on any atom is 0.243 e. The van der Waals surface area contributed by atoms with E-state index in [1.165, 1.54) is 28.2 Å². The van der Waals surface area contributed by atoms with Crippen molar-refractivity contribution < 1.29 is 17.6 Å². The summed E-state index contributed by atoms with van der Waals surface area (Å²) in [6, 6.07) is 10.1. The molecule has 2 aromatic carbocycles. The first-order valence-electron chi connectivity index (χ1n) is 9.14. The summed E-state index contributed by atoms with van der Waals surface area (Å²) in [6.45, 7) is 0.990. The summed E-state index contributed by atoms with van der Waals surface area (Å²) in [4.78, 5) is 21.8. The second-order valence-corrected chi connectivity index (χ2v) is 10.1. The van der Waals surface area contributed by atoms with Crippen molar-refractivity contribution in [2.45, 2.75) is 10.1 Å². The third-order valence-electron chi connectivity index (χ3n) is 4.80. The van der Waals surface area contributed by atoms with Crippen molar-refractivity contribution in [1.82, 2.24) is 19.2 Å².